The molecule has 0 aliphatic heterocycles. The van der Waals surface area contributed by atoms with E-state index in [-0.39, 0.29) is 0 Å². The number of nitriles is 1. The number of anilines is 4. The molecule has 2 aromatic carbocycles. The van der Waals surface area contributed by atoms with E-state index in [1.165, 1.54) is 0 Å². The van der Waals surface area contributed by atoms with Gasteiger partial charge in [-0.15, -0.1) is 0 Å². The number of aromatic nitrogens is 2. The first-order chi connectivity index (χ1) is 12.0. The van der Waals surface area contributed by atoms with Crippen LogP contribution in [0.4, 0.5) is 23.1 Å². The summed E-state index contributed by atoms with van der Waals surface area (Å²) in [5.41, 5.74) is 1.85. The van der Waals surface area contributed by atoms with E-state index in [1.807, 2.05) is 0 Å². The molecule has 0 spiro atoms. The van der Waals surface area contributed by atoms with Crippen molar-refractivity contribution in [2.45, 2.75) is 0 Å². The monoisotopic (exact) mass is 389 g/mol. The van der Waals surface area contributed by atoms with Crippen molar-refractivity contribution in [3.8, 4) is 6.07 Å². The Morgan fingerprint density at radius 1 is 0.920 bits per heavy atom. The van der Waals surface area contributed by atoms with E-state index in [0.717, 1.165) is 5.69 Å². The van der Waals surface area contributed by atoms with Crippen molar-refractivity contribution in [3.05, 3.63) is 69.3 Å². The highest BCUT2D eigenvalue weighted by atomic mass is 35.5. The minimum atomic E-state index is 0.385. The van der Waals surface area contributed by atoms with Crippen LogP contribution in [0.1, 0.15) is 5.56 Å². The topological polar surface area (TPSA) is 73.6 Å². The van der Waals surface area contributed by atoms with Gasteiger partial charge in [0.1, 0.15) is 5.82 Å². The molecule has 25 heavy (non-hydrogen) atoms. The van der Waals surface area contributed by atoms with Crippen LogP contribution in [-0.2, 0) is 0 Å². The third kappa shape index (κ3) is 4.31. The Morgan fingerprint density at radius 3 is 2.24 bits per heavy atom. The minimum Gasteiger partial charge on any atom is -0.338 e. The van der Waals surface area contributed by atoms with Crippen molar-refractivity contribution in [1.29, 1.82) is 5.26 Å². The Kier molecular flexibility index (Phi) is 5.25. The predicted octanol–water partition coefficient (Wildman–Crippen LogP) is 5.80. The third-order valence-electron chi connectivity index (χ3n) is 3.19. The molecule has 5 nitrogen and oxygen atoms in total. The van der Waals surface area contributed by atoms with E-state index in [1.54, 1.807) is 48.7 Å². The van der Waals surface area contributed by atoms with Crippen molar-refractivity contribution < 1.29 is 0 Å². The second-order valence-corrected chi connectivity index (χ2v) is 6.20. The number of halogens is 3. The van der Waals surface area contributed by atoms with Gasteiger partial charge < -0.3 is 10.6 Å². The number of hydrogen-bond acceptors (Lipinski definition) is 5. The summed E-state index contributed by atoms with van der Waals surface area (Å²) in [5, 5.41) is 16.2. The van der Waals surface area contributed by atoms with Gasteiger partial charge in [-0.2, -0.15) is 10.2 Å². The van der Waals surface area contributed by atoms with E-state index < -0.39 is 0 Å². The maximum absolute atomic E-state index is 8.82. The number of rotatable bonds is 4. The summed E-state index contributed by atoms with van der Waals surface area (Å²) < 4.78 is 0. The van der Waals surface area contributed by atoms with E-state index in [2.05, 4.69) is 26.7 Å². The van der Waals surface area contributed by atoms with Gasteiger partial charge in [0.05, 0.1) is 27.4 Å². The van der Waals surface area contributed by atoms with Gasteiger partial charge in [0, 0.05) is 16.9 Å². The molecule has 1 aromatic heterocycles. The summed E-state index contributed by atoms with van der Waals surface area (Å²) in [6, 6.07) is 13.9. The van der Waals surface area contributed by atoms with Gasteiger partial charge in [-0.1, -0.05) is 34.8 Å². The molecule has 3 rings (SSSR count). The third-order valence-corrected chi connectivity index (χ3v) is 4.00. The van der Waals surface area contributed by atoms with Gasteiger partial charge in [0.15, 0.2) is 0 Å². The fourth-order valence-electron chi connectivity index (χ4n) is 2.04. The molecular weight excluding hydrogens is 381 g/mol. The summed E-state index contributed by atoms with van der Waals surface area (Å²) in [7, 11) is 0. The highest BCUT2D eigenvalue weighted by Crippen LogP contribution is 2.35. The fraction of sp³-hybridized carbons (Fsp3) is 0. The van der Waals surface area contributed by atoms with Gasteiger partial charge in [0.2, 0.25) is 5.95 Å². The van der Waals surface area contributed by atoms with Gasteiger partial charge in [0.25, 0.3) is 0 Å². The Hall–Kier alpha value is -2.52. The molecule has 0 aliphatic rings. The molecule has 0 bridgehead atoms. The lowest BCUT2D eigenvalue weighted by Crippen LogP contribution is -2.01. The molecule has 0 saturated carbocycles. The second-order valence-electron chi connectivity index (χ2n) is 4.95. The number of nitrogens with one attached hydrogen (secondary N) is 2. The van der Waals surface area contributed by atoms with E-state index in [4.69, 9.17) is 40.1 Å². The molecule has 0 radical (unpaired) electrons. The van der Waals surface area contributed by atoms with Crippen molar-refractivity contribution >= 4 is 57.9 Å². The predicted molar refractivity (Wildman–Crippen MR) is 101 cm³/mol. The summed E-state index contributed by atoms with van der Waals surface area (Å²) in [6.45, 7) is 0. The van der Waals surface area contributed by atoms with E-state index in [9.17, 15) is 0 Å². The summed E-state index contributed by atoms with van der Waals surface area (Å²) in [5.74, 6) is 0.896. The van der Waals surface area contributed by atoms with Crippen LogP contribution in [0.2, 0.25) is 15.1 Å². The van der Waals surface area contributed by atoms with Crippen molar-refractivity contribution in [3.63, 3.8) is 0 Å². The lowest BCUT2D eigenvalue weighted by Gasteiger charge is -2.11. The van der Waals surface area contributed by atoms with E-state index >= 15 is 0 Å². The zero-order valence-electron chi connectivity index (χ0n) is 12.6. The first-order valence-electron chi connectivity index (χ1n) is 7.07. The van der Waals surface area contributed by atoms with E-state index in [0.29, 0.717) is 38.1 Å². The van der Waals surface area contributed by atoms with Gasteiger partial charge >= 0.3 is 0 Å². The standard InChI is InChI=1S/C17H10Cl3N5/c18-11-7-13(19)16(14(20)8-11)24-15-5-6-22-17(25-15)23-12-3-1-10(9-21)2-4-12/h1-8H,(H2,22,23,24,25). The van der Waals surface area contributed by atoms with Crippen LogP contribution in [0.3, 0.4) is 0 Å². The van der Waals surface area contributed by atoms with Crippen molar-refractivity contribution in [2.75, 3.05) is 10.6 Å². The molecule has 0 saturated heterocycles. The zero-order chi connectivity index (χ0) is 17.8. The molecule has 1 heterocycles. The molecular formula is C17H10Cl3N5. The van der Waals surface area contributed by atoms with Gasteiger partial charge in [-0.05, 0) is 42.5 Å². The van der Waals surface area contributed by atoms with Crippen LogP contribution >= 0.6 is 34.8 Å². The van der Waals surface area contributed by atoms with Gasteiger partial charge in [-0.3, -0.25) is 0 Å². The molecule has 2 N–H and O–H groups in total. The largest absolute Gasteiger partial charge is 0.338 e. The van der Waals surface area contributed by atoms with Crippen LogP contribution < -0.4 is 10.6 Å². The Labute approximate surface area is 159 Å². The first kappa shape index (κ1) is 17.3. The highest BCUT2D eigenvalue weighted by molar-refractivity contribution is 6.41. The molecule has 0 aliphatic carbocycles. The first-order valence-corrected chi connectivity index (χ1v) is 8.20. The number of nitrogens with zero attached hydrogens (tertiary/aromatic N) is 3. The molecule has 0 unspecified atom stereocenters. The van der Waals surface area contributed by atoms with Gasteiger partial charge in [-0.25, -0.2) is 4.98 Å². The summed E-state index contributed by atoms with van der Waals surface area (Å²) in [4.78, 5) is 8.53. The Bertz CT molecular complexity index is 928. The molecule has 3 aromatic rings. The average molecular weight is 391 g/mol. The maximum atomic E-state index is 8.82. The lowest BCUT2D eigenvalue weighted by atomic mass is 10.2. The van der Waals surface area contributed by atoms with Crippen LogP contribution in [0.15, 0.2) is 48.7 Å². The maximum Gasteiger partial charge on any atom is 0.229 e. The fourth-order valence-corrected chi connectivity index (χ4v) is 2.95. The normalized spacial score (nSPS) is 10.2. The summed E-state index contributed by atoms with van der Waals surface area (Å²) >= 11 is 18.2. The minimum absolute atomic E-state index is 0.385. The molecule has 0 atom stereocenters. The van der Waals surface area contributed by atoms with Crippen LogP contribution in [-0.4, -0.2) is 9.97 Å². The van der Waals surface area contributed by atoms with Crippen LogP contribution in [0.25, 0.3) is 0 Å². The summed E-state index contributed by atoms with van der Waals surface area (Å²) in [6.07, 6.45) is 1.60. The van der Waals surface area contributed by atoms with Crippen molar-refractivity contribution in [2.24, 2.45) is 0 Å². The lowest BCUT2D eigenvalue weighted by molar-refractivity contribution is 1.17. The molecule has 8 heteroatoms. The highest BCUT2D eigenvalue weighted by Gasteiger charge is 2.09. The quantitative estimate of drug-likeness (QED) is 0.589. The average Bonchev–Trinajstić information content (AvgIpc) is 2.59. The van der Waals surface area contributed by atoms with Crippen LogP contribution in [0, 0.1) is 11.3 Å². The smallest absolute Gasteiger partial charge is 0.229 e. The second kappa shape index (κ2) is 7.58. The van der Waals surface area contributed by atoms with Crippen molar-refractivity contribution in [1.82, 2.24) is 9.97 Å². The number of benzene rings is 2. The molecule has 0 amide bonds. The zero-order valence-corrected chi connectivity index (χ0v) is 14.9. The SMILES string of the molecule is N#Cc1ccc(Nc2nccc(Nc3c(Cl)cc(Cl)cc3Cl)n2)cc1. The molecule has 0 fully saturated rings. The number of hydrogen-bond donors (Lipinski definition) is 2. The molecule has 124 valence electrons. The Balaban J connectivity index is 1.81. The Morgan fingerprint density at radius 2 is 1.60 bits per heavy atom. The van der Waals surface area contributed by atoms with Crippen LogP contribution in [0.5, 0.6) is 0 Å².